The van der Waals surface area contributed by atoms with Gasteiger partial charge in [0.15, 0.2) is 0 Å². The molecule has 1 saturated heterocycles. The number of fused-ring (bicyclic) bond motifs is 1. The Kier molecular flexibility index (Phi) is 6.80. The molecule has 2 aliphatic carbocycles. The van der Waals surface area contributed by atoms with E-state index in [1.807, 2.05) is 19.1 Å². The maximum absolute atomic E-state index is 12.7. The summed E-state index contributed by atoms with van der Waals surface area (Å²) in [7, 11) is 0. The van der Waals surface area contributed by atoms with E-state index >= 15 is 0 Å². The Morgan fingerprint density at radius 3 is 2.78 bits per heavy atom. The van der Waals surface area contributed by atoms with Crippen LogP contribution in [0.4, 0.5) is 5.82 Å². The summed E-state index contributed by atoms with van der Waals surface area (Å²) in [5.74, 6) is 6.93. The monoisotopic (exact) mass is 519 g/mol. The summed E-state index contributed by atoms with van der Waals surface area (Å²) in [4.78, 5) is 31.4. The van der Waals surface area contributed by atoms with Crippen molar-refractivity contribution >= 4 is 29.2 Å². The van der Waals surface area contributed by atoms with E-state index in [0.717, 1.165) is 36.0 Å². The number of aryl methyl sites for hydroxylation is 1. The molecule has 9 nitrogen and oxygen atoms in total. The van der Waals surface area contributed by atoms with Crippen molar-refractivity contribution in [3.63, 3.8) is 0 Å². The lowest BCUT2D eigenvalue weighted by atomic mass is 9.74. The Bertz CT molecular complexity index is 1310. The third-order valence-corrected chi connectivity index (χ3v) is 8.00. The summed E-state index contributed by atoms with van der Waals surface area (Å²) in [5, 5.41) is 14.4. The number of nitrogens with one attached hydrogen (secondary N) is 1. The Morgan fingerprint density at radius 1 is 1.30 bits per heavy atom. The summed E-state index contributed by atoms with van der Waals surface area (Å²) < 4.78 is 0. The number of pyridine rings is 1. The lowest BCUT2D eigenvalue weighted by molar-refractivity contribution is -0.120. The highest BCUT2D eigenvalue weighted by molar-refractivity contribution is 6.30. The Balaban J connectivity index is 1.18. The second-order valence-corrected chi connectivity index (χ2v) is 10.6. The van der Waals surface area contributed by atoms with Gasteiger partial charge < -0.3 is 16.1 Å². The Hall–Kier alpha value is -3.61. The number of carbonyl (C=O) groups excluding carboxylic acids is 2. The fourth-order valence-corrected chi connectivity index (χ4v) is 5.69. The van der Waals surface area contributed by atoms with Crippen LogP contribution < -0.4 is 21.8 Å². The van der Waals surface area contributed by atoms with Crippen molar-refractivity contribution in [2.24, 2.45) is 17.5 Å². The number of nitriles is 1. The molecule has 2 atom stereocenters. The van der Waals surface area contributed by atoms with E-state index in [1.165, 1.54) is 11.2 Å². The average molecular weight is 520 g/mol. The summed E-state index contributed by atoms with van der Waals surface area (Å²) in [6.45, 7) is 2.63. The summed E-state index contributed by atoms with van der Waals surface area (Å²) in [6.07, 6.45) is 7.07. The largest absolute Gasteiger partial charge is 0.393 e. The van der Waals surface area contributed by atoms with Crippen molar-refractivity contribution < 1.29 is 9.59 Å². The van der Waals surface area contributed by atoms with E-state index in [-0.39, 0.29) is 41.4 Å². The van der Waals surface area contributed by atoms with Gasteiger partial charge in [-0.3, -0.25) is 14.5 Å². The predicted molar refractivity (Wildman–Crippen MR) is 140 cm³/mol. The number of nitrogens with zero attached hydrogens (tertiary/aromatic N) is 4. The SMILES string of the molecule is CC1CCN(c2cc3c(cn2)C(N(N)/C=C(\N)C(=O)NC2CC(c4cc(Cl)ccc4C#N)C2)CC3)C1=O. The van der Waals surface area contributed by atoms with E-state index in [1.54, 1.807) is 23.2 Å². The van der Waals surface area contributed by atoms with E-state index in [0.29, 0.717) is 35.8 Å². The second kappa shape index (κ2) is 10.0. The molecule has 3 aliphatic rings. The van der Waals surface area contributed by atoms with E-state index in [4.69, 9.17) is 23.2 Å². The molecular weight excluding hydrogens is 490 g/mol. The standard InChI is InChI=1S/C27H30ClN7O2/c1-15-6-7-34(27(15)37)25-10-16-3-5-24(22(16)13-32-25)35(31)14-23(30)26(36)33-20-8-18(9-20)21-11-19(28)4-2-17(21)12-29/h2,4,10-11,13-15,18,20,24H,3,5-9,30-31H2,1H3,(H,33,36)/b23-14-. The molecule has 0 bridgehead atoms. The highest BCUT2D eigenvalue weighted by Gasteiger charge is 2.34. The van der Waals surface area contributed by atoms with Crippen molar-refractivity contribution in [2.75, 3.05) is 11.4 Å². The van der Waals surface area contributed by atoms with Crippen LogP contribution >= 0.6 is 11.6 Å². The number of hydrogen-bond donors (Lipinski definition) is 3. The highest BCUT2D eigenvalue weighted by atomic mass is 35.5. The van der Waals surface area contributed by atoms with Gasteiger partial charge in [0.05, 0.1) is 17.7 Å². The van der Waals surface area contributed by atoms with Gasteiger partial charge in [0.1, 0.15) is 11.5 Å². The van der Waals surface area contributed by atoms with Gasteiger partial charge in [-0.1, -0.05) is 18.5 Å². The van der Waals surface area contributed by atoms with Gasteiger partial charge in [-0.15, -0.1) is 0 Å². The molecule has 5 rings (SSSR count). The number of amides is 2. The van der Waals surface area contributed by atoms with Crippen LogP contribution in [0.5, 0.6) is 0 Å². The van der Waals surface area contributed by atoms with E-state index in [2.05, 4.69) is 16.4 Å². The molecule has 1 saturated carbocycles. The smallest absolute Gasteiger partial charge is 0.268 e. The molecule has 2 unspecified atom stereocenters. The van der Waals surface area contributed by atoms with Gasteiger partial charge in [0, 0.05) is 35.9 Å². The lowest BCUT2D eigenvalue weighted by Gasteiger charge is -2.36. The lowest BCUT2D eigenvalue weighted by Crippen LogP contribution is -2.45. The van der Waals surface area contributed by atoms with Gasteiger partial charge in [-0.25, -0.2) is 10.8 Å². The van der Waals surface area contributed by atoms with Gasteiger partial charge in [0.2, 0.25) is 5.91 Å². The van der Waals surface area contributed by atoms with Gasteiger partial charge >= 0.3 is 0 Å². The second-order valence-electron chi connectivity index (χ2n) is 10.2. The summed E-state index contributed by atoms with van der Waals surface area (Å²) >= 11 is 6.10. The molecule has 10 heteroatoms. The van der Waals surface area contributed by atoms with Gasteiger partial charge in [-0.2, -0.15) is 5.26 Å². The minimum Gasteiger partial charge on any atom is -0.393 e. The van der Waals surface area contributed by atoms with Crippen LogP contribution in [0.2, 0.25) is 5.02 Å². The number of aromatic nitrogens is 1. The van der Waals surface area contributed by atoms with Crippen LogP contribution in [-0.2, 0) is 16.0 Å². The molecule has 1 aromatic heterocycles. The number of anilines is 1. The van der Waals surface area contributed by atoms with Crippen molar-refractivity contribution in [2.45, 2.75) is 57.0 Å². The molecule has 2 aromatic rings. The number of carbonyl (C=O) groups is 2. The van der Waals surface area contributed by atoms with Crippen LogP contribution in [0.1, 0.15) is 66.8 Å². The molecule has 5 N–H and O–H groups in total. The van der Waals surface area contributed by atoms with E-state index < -0.39 is 0 Å². The number of halogens is 1. The zero-order valence-electron chi connectivity index (χ0n) is 20.7. The Labute approximate surface area is 221 Å². The number of hydrogen-bond acceptors (Lipinski definition) is 7. The molecule has 192 valence electrons. The number of nitrogens with two attached hydrogens (primary N) is 2. The van der Waals surface area contributed by atoms with Crippen molar-refractivity contribution in [1.82, 2.24) is 15.3 Å². The topological polar surface area (TPSA) is 141 Å². The molecule has 1 aliphatic heterocycles. The highest BCUT2D eigenvalue weighted by Crippen LogP contribution is 2.40. The maximum Gasteiger partial charge on any atom is 0.268 e. The van der Waals surface area contributed by atoms with Gasteiger partial charge in [-0.05, 0) is 79.0 Å². The van der Waals surface area contributed by atoms with Crippen LogP contribution in [0.3, 0.4) is 0 Å². The number of rotatable bonds is 6. The first-order valence-corrected chi connectivity index (χ1v) is 12.9. The maximum atomic E-state index is 12.7. The minimum absolute atomic E-state index is 0.0271. The minimum atomic E-state index is -0.376. The molecule has 2 fully saturated rings. The van der Waals surface area contributed by atoms with E-state index in [9.17, 15) is 14.9 Å². The zero-order chi connectivity index (χ0) is 26.3. The molecule has 2 amide bonds. The molecule has 37 heavy (non-hydrogen) atoms. The summed E-state index contributed by atoms with van der Waals surface area (Å²) in [5.41, 5.74) is 9.72. The fourth-order valence-electron chi connectivity index (χ4n) is 5.51. The first-order chi connectivity index (χ1) is 17.7. The molecule has 2 heterocycles. The zero-order valence-corrected chi connectivity index (χ0v) is 21.4. The Morgan fingerprint density at radius 2 is 2.08 bits per heavy atom. The first-order valence-electron chi connectivity index (χ1n) is 12.6. The number of benzene rings is 1. The molecular formula is C27H30ClN7O2. The van der Waals surface area contributed by atoms with Crippen molar-refractivity contribution in [3.8, 4) is 6.07 Å². The normalized spacial score (nSPS) is 24.9. The van der Waals surface area contributed by atoms with Gasteiger partial charge in [0.25, 0.3) is 5.91 Å². The molecule has 0 radical (unpaired) electrons. The quantitative estimate of drug-likeness (QED) is 0.302. The fraction of sp³-hybridized carbons (Fsp3) is 0.407. The first kappa shape index (κ1) is 25.1. The van der Waals surface area contributed by atoms with Crippen LogP contribution in [0.15, 0.2) is 42.4 Å². The summed E-state index contributed by atoms with van der Waals surface area (Å²) in [6, 6.07) is 9.25. The average Bonchev–Trinajstić information content (AvgIpc) is 3.43. The van der Waals surface area contributed by atoms with Crippen molar-refractivity contribution in [1.29, 1.82) is 5.26 Å². The van der Waals surface area contributed by atoms with Crippen LogP contribution in [0, 0.1) is 17.2 Å². The molecule has 1 aromatic carbocycles. The van der Waals surface area contributed by atoms with Crippen LogP contribution in [-0.4, -0.2) is 34.4 Å². The third-order valence-electron chi connectivity index (χ3n) is 7.76. The third kappa shape index (κ3) is 4.87. The van der Waals surface area contributed by atoms with Crippen LogP contribution in [0.25, 0.3) is 0 Å². The number of hydrazine groups is 1. The predicted octanol–water partition coefficient (Wildman–Crippen LogP) is 3.00. The molecule has 0 spiro atoms. The van der Waals surface area contributed by atoms with Crippen molar-refractivity contribution in [3.05, 3.63) is 69.6 Å².